The van der Waals surface area contributed by atoms with Crippen molar-refractivity contribution in [2.24, 2.45) is 5.73 Å². The summed E-state index contributed by atoms with van der Waals surface area (Å²) < 4.78 is 6.97. The molecule has 2 aromatic heterocycles. The van der Waals surface area contributed by atoms with Crippen LogP contribution in [0.2, 0.25) is 0 Å². The molecule has 2 N–H and O–H groups in total. The zero-order chi connectivity index (χ0) is 10.8. The van der Waals surface area contributed by atoms with Gasteiger partial charge in [0.15, 0.2) is 0 Å². The number of nitrogens with zero attached hydrogens (tertiary/aromatic N) is 3. The number of rotatable bonds is 3. The Kier molecular flexibility index (Phi) is 2.55. The summed E-state index contributed by atoms with van der Waals surface area (Å²) in [6.07, 6.45) is 3.53. The van der Waals surface area contributed by atoms with E-state index in [9.17, 15) is 0 Å². The lowest BCUT2D eigenvalue weighted by atomic mass is 10.2. The number of aryl methyl sites for hydroxylation is 1. The maximum atomic E-state index is 5.81. The maximum Gasteiger partial charge on any atom is 0.133 e. The van der Waals surface area contributed by atoms with Crippen LogP contribution in [0.1, 0.15) is 30.1 Å². The highest BCUT2D eigenvalue weighted by molar-refractivity contribution is 5.09. The first-order chi connectivity index (χ1) is 7.16. The molecule has 0 saturated heterocycles. The van der Waals surface area contributed by atoms with Crippen molar-refractivity contribution < 1.29 is 4.52 Å². The fraction of sp³-hybridized carbons (Fsp3) is 0.400. The topological polar surface area (TPSA) is 69.9 Å². The molecule has 5 heteroatoms. The van der Waals surface area contributed by atoms with Crippen LogP contribution in [-0.2, 0) is 6.54 Å². The summed E-state index contributed by atoms with van der Waals surface area (Å²) >= 11 is 0. The smallest absolute Gasteiger partial charge is 0.133 e. The highest BCUT2D eigenvalue weighted by atomic mass is 16.5. The summed E-state index contributed by atoms with van der Waals surface area (Å²) in [6, 6.07) is 1.88. The lowest BCUT2D eigenvalue weighted by Crippen LogP contribution is -2.12. The molecule has 0 aliphatic carbocycles. The van der Waals surface area contributed by atoms with Gasteiger partial charge in [0.2, 0.25) is 0 Å². The zero-order valence-electron chi connectivity index (χ0n) is 8.84. The van der Waals surface area contributed by atoms with Crippen LogP contribution >= 0.6 is 0 Å². The Morgan fingerprint density at radius 3 is 3.00 bits per heavy atom. The lowest BCUT2D eigenvalue weighted by Gasteiger charge is -2.08. The van der Waals surface area contributed by atoms with Crippen molar-refractivity contribution in [1.82, 2.24) is 14.7 Å². The second kappa shape index (κ2) is 3.86. The van der Waals surface area contributed by atoms with Gasteiger partial charge in [0, 0.05) is 18.3 Å². The Morgan fingerprint density at radius 1 is 1.60 bits per heavy atom. The lowest BCUT2D eigenvalue weighted by molar-refractivity contribution is 0.388. The molecule has 0 spiro atoms. The summed E-state index contributed by atoms with van der Waals surface area (Å²) in [4.78, 5) is 4.07. The normalized spacial score (nSPS) is 13.0. The quantitative estimate of drug-likeness (QED) is 0.820. The number of aromatic nitrogens is 3. The van der Waals surface area contributed by atoms with Crippen LogP contribution < -0.4 is 5.73 Å². The van der Waals surface area contributed by atoms with Gasteiger partial charge in [-0.3, -0.25) is 0 Å². The van der Waals surface area contributed by atoms with Crippen molar-refractivity contribution in [3.63, 3.8) is 0 Å². The SMILES string of the molecule is Cc1cc(Cn2cncc2C(C)N)no1. The van der Waals surface area contributed by atoms with E-state index in [0.29, 0.717) is 6.54 Å². The molecule has 0 fully saturated rings. The van der Waals surface area contributed by atoms with Gasteiger partial charge >= 0.3 is 0 Å². The maximum absolute atomic E-state index is 5.81. The molecule has 15 heavy (non-hydrogen) atoms. The van der Waals surface area contributed by atoms with Crippen molar-refractivity contribution in [3.05, 3.63) is 35.7 Å². The van der Waals surface area contributed by atoms with E-state index in [0.717, 1.165) is 17.1 Å². The van der Waals surface area contributed by atoms with Gasteiger partial charge < -0.3 is 14.8 Å². The monoisotopic (exact) mass is 206 g/mol. The van der Waals surface area contributed by atoms with Crippen LogP contribution in [0.5, 0.6) is 0 Å². The van der Waals surface area contributed by atoms with E-state index in [4.69, 9.17) is 10.3 Å². The van der Waals surface area contributed by atoms with Crippen LogP contribution in [0.15, 0.2) is 23.1 Å². The molecule has 80 valence electrons. The predicted molar refractivity (Wildman–Crippen MR) is 55.2 cm³/mol. The average molecular weight is 206 g/mol. The second-order valence-corrected chi connectivity index (χ2v) is 3.66. The van der Waals surface area contributed by atoms with Crippen molar-refractivity contribution in [1.29, 1.82) is 0 Å². The highest BCUT2D eigenvalue weighted by Gasteiger charge is 2.08. The van der Waals surface area contributed by atoms with E-state index in [2.05, 4.69) is 10.1 Å². The summed E-state index contributed by atoms with van der Waals surface area (Å²) in [5, 5.41) is 3.93. The minimum Gasteiger partial charge on any atom is -0.361 e. The van der Waals surface area contributed by atoms with E-state index >= 15 is 0 Å². The van der Waals surface area contributed by atoms with E-state index < -0.39 is 0 Å². The molecule has 5 nitrogen and oxygen atoms in total. The molecule has 0 radical (unpaired) electrons. The first-order valence-electron chi connectivity index (χ1n) is 4.84. The first-order valence-corrected chi connectivity index (χ1v) is 4.84. The summed E-state index contributed by atoms with van der Waals surface area (Å²) in [5.74, 6) is 0.812. The zero-order valence-corrected chi connectivity index (χ0v) is 8.84. The van der Waals surface area contributed by atoms with Gasteiger partial charge in [-0.15, -0.1) is 0 Å². The Balaban J connectivity index is 2.20. The molecule has 0 bridgehead atoms. The van der Waals surface area contributed by atoms with Gasteiger partial charge in [0.1, 0.15) is 11.5 Å². The summed E-state index contributed by atoms with van der Waals surface area (Å²) in [5.41, 5.74) is 7.69. The second-order valence-electron chi connectivity index (χ2n) is 3.66. The highest BCUT2D eigenvalue weighted by Crippen LogP contribution is 2.11. The third kappa shape index (κ3) is 2.07. The van der Waals surface area contributed by atoms with Crippen molar-refractivity contribution in [2.75, 3.05) is 0 Å². The van der Waals surface area contributed by atoms with Crippen LogP contribution in [0, 0.1) is 6.92 Å². The van der Waals surface area contributed by atoms with Crippen LogP contribution in [0.4, 0.5) is 0 Å². The Bertz CT molecular complexity index is 444. The van der Waals surface area contributed by atoms with Gasteiger partial charge in [0.05, 0.1) is 18.6 Å². The van der Waals surface area contributed by atoms with E-state index in [1.165, 1.54) is 0 Å². The fourth-order valence-corrected chi connectivity index (χ4v) is 1.51. The molecule has 2 heterocycles. The number of nitrogens with two attached hydrogens (primary N) is 1. The van der Waals surface area contributed by atoms with Crippen LogP contribution in [-0.4, -0.2) is 14.7 Å². The minimum absolute atomic E-state index is 0.0273. The van der Waals surface area contributed by atoms with Crippen molar-refractivity contribution in [3.8, 4) is 0 Å². The average Bonchev–Trinajstić information content (AvgIpc) is 2.75. The molecule has 0 aliphatic heterocycles. The Hall–Kier alpha value is -1.62. The molecule has 2 rings (SSSR count). The fourth-order valence-electron chi connectivity index (χ4n) is 1.51. The molecule has 0 amide bonds. The largest absolute Gasteiger partial charge is 0.361 e. The van der Waals surface area contributed by atoms with E-state index in [1.54, 1.807) is 12.5 Å². The van der Waals surface area contributed by atoms with Crippen LogP contribution in [0.25, 0.3) is 0 Å². The first kappa shape index (κ1) is 9.92. The standard InChI is InChI=1S/C10H14N4O/c1-7-3-9(13-15-7)5-14-6-12-4-10(14)8(2)11/h3-4,6,8H,5,11H2,1-2H3. The summed E-state index contributed by atoms with van der Waals surface area (Å²) in [6.45, 7) is 4.45. The molecule has 0 aromatic carbocycles. The van der Waals surface area contributed by atoms with Crippen molar-refractivity contribution >= 4 is 0 Å². The minimum atomic E-state index is -0.0273. The molecule has 1 unspecified atom stereocenters. The third-order valence-electron chi connectivity index (χ3n) is 2.22. The third-order valence-corrected chi connectivity index (χ3v) is 2.22. The van der Waals surface area contributed by atoms with Gasteiger partial charge in [0.25, 0.3) is 0 Å². The molecule has 0 aliphatic rings. The van der Waals surface area contributed by atoms with Gasteiger partial charge in [-0.1, -0.05) is 5.16 Å². The van der Waals surface area contributed by atoms with Gasteiger partial charge in [-0.2, -0.15) is 0 Å². The van der Waals surface area contributed by atoms with Gasteiger partial charge in [-0.25, -0.2) is 4.98 Å². The van der Waals surface area contributed by atoms with Gasteiger partial charge in [-0.05, 0) is 13.8 Å². The molecule has 0 saturated carbocycles. The Morgan fingerprint density at radius 2 is 2.40 bits per heavy atom. The number of hydrogen-bond donors (Lipinski definition) is 1. The summed E-state index contributed by atoms with van der Waals surface area (Å²) in [7, 11) is 0. The van der Waals surface area contributed by atoms with Crippen LogP contribution in [0.3, 0.4) is 0 Å². The van der Waals surface area contributed by atoms with E-state index in [-0.39, 0.29) is 6.04 Å². The number of hydrogen-bond acceptors (Lipinski definition) is 4. The molecule has 2 aromatic rings. The predicted octanol–water partition coefficient (Wildman–Crippen LogP) is 1.25. The van der Waals surface area contributed by atoms with E-state index in [1.807, 2.05) is 24.5 Å². The molecular formula is C10H14N4O. The van der Waals surface area contributed by atoms with Crippen molar-refractivity contribution in [2.45, 2.75) is 26.4 Å². The molecular weight excluding hydrogens is 192 g/mol. The Labute approximate surface area is 87.9 Å². The number of imidazole rings is 1. The molecule has 1 atom stereocenters.